The van der Waals surface area contributed by atoms with E-state index in [9.17, 15) is 19.5 Å². The van der Waals surface area contributed by atoms with Gasteiger partial charge < -0.3 is 24.5 Å². The quantitative estimate of drug-likeness (QED) is 0.472. The number of hydrogen-bond acceptors (Lipinski definition) is 5. The van der Waals surface area contributed by atoms with E-state index in [1.54, 1.807) is 35.9 Å². The highest BCUT2D eigenvalue weighted by atomic mass is 16.5. The van der Waals surface area contributed by atoms with Crippen LogP contribution in [0.1, 0.15) is 46.5 Å². The van der Waals surface area contributed by atoms with Crippen molar-refractivity contribution in [3.63, 3.8) is 0 Å². The summed E-state index contributed by atoms with van der Waals surface area (Å²) in [4.78, 5) is 46.1. The lowest BCUT2D eigenvalue weighted by molar-refractivity contribution is -0.155. The van der Waals surface area contributed by atoms with Crippen LogP contribution in [-0.4, -0.2) is 94.1 Å². The molecule has 3 aliphatic heterocycles. The van der Waals surface area contributed by atoms with Crippen LogP contribution in [0.3, 0.4) is 0 Å². The van der Waals surface area contributed by atoms with E-state index in [1.807, 2.05) is 6.92 Å². The molecule has 2 unspecified atom stereocenters. The Morgan fingerprint density at radius 1 is 1.27 bits per heavy atom. The molecule has 6 atom stereocenters. The molecule has 3 fully saturated rings. The van der Waals surface area contributed by atoms with Crippen LogP contribution in [0.4, 0.5) is 0 Å². The van der Waals surface area contributed by atoms with Crippen LogP contribution in [0.5, 0.6) is 0 Å². The number of likely N-dealkylation sites (N-methyl/N-ethyl adjacent to an activating group) is 1. The predicted molar refractivity (Wildman–Crippen MR) is 125 cm³/mol. The minimum Gasteiger partial charge on any atom is -0.394 e. The molecule has 0 saturated carbocycles. The summed E-state index contributed by atoms with van der Waals surface area (Å²) in [5.74, 6) is -2.08. The van der Waals surface area contributed by atoms with Crippen molar-refractivity contribution >= 4 is 17.7 Å². The molecule has 8 heteroatoms. The molecule has 3 rings (SSSR count). The topological polar surface area (TPSA) is 90.4 Å². The van der Waals surface area contributed by atoms with Gasteiger partial charge in [0.15, 0.2) is 0 Å². The number of carbonyl (C=O) groups excluding carboxylic acids is 3. The molecule has 1 N–H and O–H groups in total. The van der Waals surface area contributed by atoms with Crippen molar-refractivity contribution in [3.8, 4) is 0 Å². The van der Waals surface area contributed by atoms with Crippen LogP contribution >= 0.6 is 0 Å². The van der Waals surface area contributed by atoms with Gasteiger partial charge in [-0.25, -0.2) is 0 Å². The minimum atomic E-state index is -1.08. The van der Waals surface area contributed by atoms with E-state index in [-0.39, 0.29) is 24.3 Å². The maximum absolute atomic E-state index is 14.0. The molecule has 8 nitrogen and oxygen atoms in total. The van der Waals surface area contributed by atoms with Crippen molar-refractivity contribution in [2.75, 3.05) is 33.3 Å². The molecular weight excluding hydrogens is 422 g/mol. The molecule has 0 aromatic rings. The summed E-state index contributed by atoms with van der Waals surface area (Å²) in [7, 11) is 1.69. The normalized spacial score (nSPS) is 33.1. The summed E-state index contributed by atoms with van der Waals surface area (Å²) in [6.07, 6.45) is 6.21. The summed E-state index contributed by atoms with van der Waals surface area (Å²) in [5.41, 5.74) is -1.89. The summed E-state index contributed by atoms with van der Waals surface area (Å²) in [5, 5.41) is 9.95. The number of likely N-dealkylation sites (tertiary alicyclic amines) is 1. The molecule has 3 aliphatic rings. The van der Waals surface area contributed by atoms with Crippen LogP contribution in [0, 0.1) is 11.8 Å². The van der Waals surface area contributed by atoms with Gasteiger partial charge in [0.05, 0.1) is 30.1 Å². The number of unbranched alkanes of at least 4 members (excludes halogenated alkanes) is 1. The van der Waals surface area contributed by atoms with Crippen molar-refractivity contribution in [1.82, 2.24) is 14.7 Å². The second-order valence-corrected chi connectivity index (χ2v) is 9.94. The molecule has 0 aromatic heterocycles. The zero-order chi connectivity index (χ0) is 24.6. The Kier molecular flexibility index (Phi) is 7.39. The number of nitrogens with zero attached hydrogens (tertiary/aromatic N) is 3. The number of fused-ring (bicyclic) bond motifs is 1. The fraction of sp³-hybridized carbons (Fsp3) is 0.720. The molecule has 3 amide bonds. The van der Waals surface area contributed by atoms with E-state index < -0.39 is 35.1 Å². The molecule has 0 radical (unpaired) electrons. The first kappa shape index (κ1) is 25.4. The summed E-state index contributed by atoms with van der Waals surface area (Å²) in [6.45, 7) is 14.2. The summed E-state index contributed by atoms with van der Waals surface area (Å²) < 4.78 is 6.60. The number of amides is 3. The van der Waals surface area contributed by atoms with Gasteiger partial charge in [0.1, 0.15) is 11.6 Å². The molecule has 1 spiro atoms. The van der Waals surface area contributed by atoms with Gasteiger partial charge in [-0.15, -0.1) is 13.2 Å². The second-order valence-electron chi connectivity index (χ2n) is 9.94. The van der Waals surface area contributed by atoms with E-state index in [4.69, 9.17) is 4.74 Å². The fourth-order valence-corrected chi connectivity index (χ4v) is 6.07. The van der Waals surface area contributed by atoms with Crippen LogP contribution in [-0.2, 0) is 19.1 Å². The molecule has 0 aliphatic carbocycles. The first-order chi connectivity index (χ1) is 15.6. The van der Waals surface area contributed by atoms with Crippen molar-refractivity contribution in [1.29, 1.82) is 0 Å². The van der Waals surface area contributed by atoms with Crippen molar-refractivity contribution in [2.24, 2.45) is 11.8 Å². The zero-order valence-corrected chi connectivity index (χ0v) is 20.5. The summed E-state index contributed by atoms with van der Waals surface area (Å²) in [6, 6.07) is -1.45. The Morgan fingerprint density at radius 2 is 1.94 bits per heavy atom. The highest BCUT2D eigenvalue weighted by Gasteiger charge is 2.78. The average molecular weight is 462 g/mol. The van der Waals surface area contributed by atoms with Crippen LogP contribution in [0.15, 0.2) is 25.3 Å². The molecule has 3 saturated heterocycles. The maximum atomic E-state index is 14.0. The standard InChI is InChI=1S/C25H39N3O5/c1-7-10-15-27(14-9-3)23(32)20-25-12-11-24(5,33-25)18(21(30)26(6)13-8-2)19(25)22(31)28(20)17(4)16-29/h8-9,17-20,29H,2-3,7,10-16H2,1,4-6H3/t17-,18-,19+,20?,24+,25?/m1/s1. The Morgan fingerprint density at radius 3 is 2.52 bits per heavy atom. The van der Waals surface area contributed by atoms with Crippen LogP contribution in [0.2, 0.25) is 0 Å². The van der Waals surface area contributed by atoms with Gasteiger partial charge in [0, 0.05) is 26.7 Å². The first-order valence-electron chi connectivity index (χ1n) is 12.0. The number of aliphatic hydroxyl groups excluding tert-OH is 1. The van der Waals surface area contributed by atoms with E-state index in [2.05, 4.69) is 20.1 Å². The number of ether oxygens (including phenoxy) is 1. The monoisotopic (exact) mass is 461 g/mol. The highest BCUT2D eigenvalue weighted by Crippen LogP contribution is 2.63. The maximum Gasteiger partial charge on any atom is 0.248 e. The molecule has 33 heavy (non-hydrogen) atoms. The van der Waals surface area contributed by atoms with E-state index in [1.165, 1.54) is 4.90 Å². The van der Waals surface area contributed by atoms with Gasteiger partial charge in [0.25, 0.3) is 0 Å². The lowest BCUT2D eigenvalue weighted by atomic mass is 9.66. The molecule has 0 aromatic carbocycles. The van der Waals surface area contributed by atoms with Crippen LogP contribution in [0.25, 0.3) is 0 Å². The van der Waals surface area contributed by atoms with Gasteiger partial charge >= 0.3 is 0 Å². The third-order valence-corrected chi connectivity index (χ3v) is 7.68. The Hall–Kier alpha value is -2.19. The third-order valence-electron chi connectivity index (χ3n) is 7.68. The van der Waals surface area contributed by atoms with Gasteiger partial charge in [-0.1, -0.05) is 25.5 Å². The van der Waals surface area contributed by atoms with Gasteiger partial charge in [0.2, 0.25) is 17.7 Å². The predicted octanol–water partition coefficient (Wildman–Crippen LogP) is 1.59. The van der Waals surface area contributed by atoms with Crippen molar-refractivity contribution < 1.29 is 24.2 Å². The molecule has 2 bridgehead atoms. The number of rotatable bonds is 11. The Balaban J connectivity index is 2.08. The third kappa shape index (κ3) is 3.91. The Labute approximate surface area is 197 Å². The van der Waals surface area contributed by atoms with Gasteiger partial charge in [-0.05, 0) is 33.1 Å². The SMILES string of the molecule is C=CCN(C)C(=O)[C@H]1[C@H]2C(=O)N([C@H](C)CO)C(C(=O)N(CC=C)CCCC)C23CC[C@]1(C)O3. The number of aliphatic hydroxyl groups is 1. The first-order valence-corrected chi connectivity index (χ1v) is 12.0. The lowest BCUT2D eigenvalue weighted by Gasteiger charge is -2.38. The zero-order valence-electron chi connectivity index (χ0n) is 20.5. The fourth-order valence-electron chi connectivity index (χ4n) is 6.07. The molecule has 3 heterocycles. The number of carbonyl (C=O) groups is 3. The second kappa shape index (κ2) is 9.58. The largest absolute Gasteiger partial charge is 0.394 e. The Bertz CT molecular complexity index is 816. The van der Waals surface area contributed by atoms with Crippen molar-refractivity contribution in [3.05, 3.63) is 25.3 Å². The average Bonchev–Trinajstić information content (AvgIpc) is 3.36. The summed E-state index contributed by atoms with van der Waals surface area (Å²) >= 11 is 0. The van der Waals surface area contributed by atoms with E-state index in [0.29, 0.717) is 32.5 Å². The van der Waals surface area contributed by atoms with E-state index in [0.717, 1.165) is 12.8 Å². The molecule has 184 valence electrons. The van der Waals surface area contributed by atoms with Crippen molar-refractivity contribution in [2.45, 2.75) is 69.7 Å². The van der Waals surface area contributed by atoms with Gasteiger partial charge in [-0.2, -0.15) is 0 Å². The highest BCUT2D eigenvalue weighted by molar-refractivity contribution is 5.99. The van der Waals surface area contributed by atoms with E-state index >= 15 is 0 Å². The smallest absolute Gasteiger partial charge is 0.248 e. The molecular formula is C25H39N3O5. The minimum absolute atomic E-state index is 0.170. The van der Waals surface area contributed by atoms with Crippen LogP contribution < -0.4 is 0 Å². The lowest BCUT2D eigenvalue weighted by Crippen LogP contribution is -2.58. The number of hydrogen-bond donors (Lipinski definition) is 1. The van der Waals surface area contributed by atoms with Gasteiger partial charge in [-0.3, -0.25) is 14.4 Å².